The fourth-order valence-corrected chi connectivity index (χ4v) is 0.773. The molecule has 0 aromatic heterocycles. The molecule has 0 fully saturated rings. The van der Waals surface area contributed by atoms with Crippen LogP contribution < -0.4 is 29.6 Å². The Morgan fingerprint density at radius 3 is 2.10 bits per heavy atom. The third-order valence-corrected chi connectivity index (χ3v) is 1.41. The van der Waals surface area contributed by atoms with Crippen molar-refractivity contribution in [3.05, 3.63) is 35.6 Å². The summed E-state index contributed by atoms with van der Waals surface area (Å²) >= 11 is 4.74. The van der Waals surface area contributed by atoms with E-state index < -0.39 is 0 Å². The van der Waals surface area contributed by atoms with Gasteiger partial charge in [0.15, 0.2) is 0 Å². The Labute approximate surface area is 87.5 Å². The minimum atomic E-state index is -0.206. The predicted molar refractivity (Wildman–Crippen MR) is 37.5 cm³/mol. The largest absolute Gasteiger partial charge is 1.00 e. The van der Waals surface area contributed by atoms with E-state index in [0.717, 1.165) is 5.56 Å². The summed E-state index contributed by atoms with van der Waals surface area (Å²) in [5.74, 6) is 0.350. The summed E-state index contributed by atoms with van der Waals surface area (Å²) in [5, 5.41) is 0. The van der Waals surface area contributed by atoms with Gasteiger partial charge in [-0.05, 0) is 12.1 Å². The van der Waals surface area contributed by atoms with Gasteiger partial charge in [0.1, 0.15) is 5.82 Å². The van der Waals surface area contributed by atoms with E-state index in [-0.39, 0.29) is 35.4 Å². The number of hydrogen-bond donors (Lipinski definition) is 0. The molecule has 0 aliphatic carbocycles. The molecule has 0 amide bonds. The molecule has 0 saturated carbocycles. The van der Waals surface area contributed by atoms with Crippen molar-refractivity contribution in [3.8, 4) is 0 Å². The molecule has 0 aliphatic heterocycles. The van der Waals surface area contributed by atoms with Gasteiger partial charge in [-0.2, -0.15) is 5.75 Å². The van der Waals surface area contributed by atoms with Crippen LogP contribution in [0, 0.1) is 5.82 Å². The molecule has 0 heterocycles. The molecule has 1 aromatic rings. The maximum absolute atomic E-state index is 12.2. The Bertz CT molecular complexity index is 185. The Hall–Kier alpha value is 0.500. The third-order valence-electron chi connectivity index (χ3n) is 1.08. The predicted octanol–water partition coefficient (Wildman–Crippen LogP) is -1.12. The van der Waals surface area contributed by atoms with Gasteiger partial charge >= 0.3 is 29.6 Å². The van der Waals surface area contributed by atoms with Crippen LogP contribution in [0.3, 0.4) is 0 Å². The van der Waals surface area contributed by atoms with Crippen LogP contribution >= 0.6 is 0 Å². The van der Waals surface area contributed by atoms with E-state index in [2.05, 4.69) is 0 Å². The molecule has 0 nitrogen and oxygen atoms in total. The number of benzene rings is 1. The summed E-state index contributed by atoms with van der Waals surface area (Å²) in [6.45, 7) is 0. The molecule has 3 heteroatoms. The molecule has 0 unspecified atom stereocenters. The first-order valence-corrected chi connectivity index (χ1v) is 3.23. The summed E-state index contributed by atoms with van der Waals surface area (Å²) in [6.07, 6.45) is 0. The molecule has 0 spiro atoms. The van der Waals surface area contributed by atoms with Crippen LogP contribution in [0.2, 0.25) is 0 Å². The van der Waals surface area contributed by atoms with E-state index >= 15 is 0 Å². The summed E-state index contributed by atoms with van der Waals surface area (Å²) in [6, 6.07) is 6.23. The number of halogens is 1. The monoisotopic (exact) mass is 164 g/mol. The Kier molecular flexibility index (Phi) is 5.45. The summed E-state index contributed by atoms with van der Waals surface area (Å²) < 4.78 is 12.2. The molecular weight excluding hydrogens is 158 g/mol. The summed E-state index contributed by atoms with van der Waals surface area (Å²) in [4.78, 5) is 0. The fraction of sp³-hybridized carbons (Fsp3) is 0.143. The van der Waals surface area contributed by atoms with E-state index in [1.165, 1.54) is 12.1 Å². The normalized spacial score (nSPS) is 8.60. The topological polar surface area (TPSA) is 0 Å². The molecule has 0 radical (unpaired) electrons. The van der Waals surface area contributed by atoms with Crippen molar-refractivity contribution < 1.29 is 33.9 Å². The second-order valence-corrected chi connectivity index (χ2v) is 2.06. The molecule has 1 aromatic carbocycles. The Morgan fingerprint density at radius 1 is 1.20 bits per heavy atom. The number of hydrogen-bond acceptors (Lipinski definition) is 1. The molecule has 0 saturated heterocycles. The first-order chi connectivity index (χ1) is 4.33. The zero-order valence-electron chi connectivity index (χ0n) is 5.80. The maximum Gasteiger partial charge on any atom is 1.00 e. The van der Waals surface area contributed by atoms with Crippen molar-refractivity contribution in [3.63, 3.8) is 0 Å². The molecule has 1 rings (SSSR count). The second-order valence-electron chi connectivity index (χ2n) is 1.77. The van der Waals surface area contributed by atoms with Crippen molar-refractivity contribution in [2.75, 3.05) is 0 Å². The zero-order valence-corrected chi connectivity index (χ0v) is 8.62. The average Bonchev–Trinajstić information content (AvgIpc) is 1.90. The molecule has 0 aliphatic rings. The molecule has 0 bridgehead atoms. The van der Waals surface area contributed by atoms with Gasteiger partial charge in [-0.25, -0.2) is 4.39 Å². The van der Waals surface area contributed by atoms with Crippen molar-refractivity contribution in [1.82, 2.24) is 0 Å². The van der Waals surface area contributed by atoms with Gasteiger partial charge in [0, 0.05) is 0 Å². The second kappa shape index (κ2) is 5.19. The molecule has 0 atom stereocenters. The van der Waals surface area contributed by atoms with Crippen LogP contribution in [0.25, 0.3) is 0 Å². The van der Waals surface area contributed by atoms with Crippen molar-refractivity contribution in [2.24, 2.45) is 0 Å². The quantitative estimate of drug-likeness (QED) is 0.374. The van der Waals surface area contributed by atoms with Crippen LogP contribution in [-0.4, -0.2) is 0 Å². The first kappa shape index (κ1) is 10.5. The smallest absolute Gasteiger partial charge is 0.788 e. The Balaban J connectivity index is 0.000000810. The SMILES string of the molecule is Fc1ccc(C[S-])cc1.[Na+]. The van der Waals surface area contributed by atoms with Gasteiger partial charge in [0.05, 0.1) is 0 Å². The van der Waals surface area contributed by atoms with E-state index in [9.17, 15) is 4.39 Å². The molecular formula is C7H6FNaS. The zero-order chi connectivity index (χ0) is 6.69. The van der Waals surface area contributed by atoms with Crippen LogP contribution in [0.1, 0.15) is 5.56 Å². The molecule has 0 N–H and O–H groups in total. The van der Waals surface area contributed by atoms with Crippen LogP contribution in [0.4, 0.5) is 4.39 Å². The Morgan fingerprint density at radius 2 is 1.70 bits per heavy atom. The van der Waals surface area contributed by atoms with E-state index in [1.807, 2.05) is 0 Å². The van der Waals surface area contributed by atoms with E-state index in [4.69, 9.17) is 12.6 Å². The van der Waals surface area contributed by atoms with Crippen LogP contribution in [0.5, 0.6) is 0 Å². The summed E-state index contributed by atoms with van der Waals surface area (Å²) in [5.41, 5.74) is 0.992. The minimum Gasteiger partial charge on any atom is -0.788 e. The maximum atomic E-state index is 12.2. The minimum absolute atomic E-state index is 0. The van der Waals surface area contributed by atoms with Crippen molar-refractivity contribution >= 4 is 12.6 Å². The fourth-order valence-electron chi connectivity index (χ4n) is 0.581. The van der Waals surface area contributed by atoms with Gasteiger partial charge in [-0.15, -0.1) is 0 Å². The average molecular weight is 164 g/mol. The molecule has 10 heavy (non-hydrogen) atoms. The number of rotatable bonds is 1. The van der Waals surface area contributed by atoms with Gasteiger partial charge in [-0.3, -0.25) is 0 Å². The molecule has 48 valence electrons. The van der Waals surface area contributed by atoms with E-state index in [0.29, 0.717) is 5.75 Å². The van der Waals surface area contributed by atoms with Gasteiger partial charge < -0.3 is 12.6 Å². The standard InChI is InChI=1S/C7H7FS.Na/c8-7-3-1-6(5-9)2-4-7;/h1-4,9H,5H2;/q;+1/p-1. The van der Waals surface area contributed by atoms with Gasteiger partial charge in [-0.1, -0.05) is 17.7 Å². The van der Waals surface area contributed by atoms with Gasteiger partial charge in [0.25, 0.3) is 0 Å². The van der Waals surface area contributed by atoms with Crippen LogP contribution in [-0.2, 0) is 18.4 Å². The summed E-state index contributed by atoms with van der Waals surface area (Å²) in [7, 11) is 0. The van der Waals surface area contributed by atoms with Crippen molar-refractivity contribution in [2.45, 2.75) is 5.75 Å². The van der Waals surface area contributed by atoms with E-state index in [1.54, 1.807) is 12.1 Å². The third kappa shape index (κ3) is 3.06. The van der Waals surface area contributed by atoms with Crippen molar-refractivity contribution in [1.29, 1.82) is 0 Å². The first-order valence-electron chi connectivity index (χ1n) is 2.65. The van der Waals surface area contributed by atoms with Crippen LogP contribution in [0.15, 0.2) is 24.3 Å². The van der Waals surface area contributed by atoms with Gasteiger partial charge in [0.2, 0.25) is 0 Å².